The van der Waals surface area contributed by atoms with Gasteiger partial charge in [0.25, 0.3) is 0 Å². The minimum atomic E-state index is -0.418. The van der Waals surface area contributed by atoms with Crippen LogP contribution in [-0.2, 0) is 9.53 Å². The number of hydrogen-bond acceptors (Lipinski definition) is 7. The van der Waals surface area contributed by atoms with Crippen molar-refractivity contribution in [1.82, 2.24) is 20.2 Å². The lowest BCUT2D eigenvalue weighted by atomic mass is 9.83. The summed E-state index contributed by atoms with van der Waals surface area (Å²) in [6, 6.07) is 4.35. The van der Waals surface area contributed by atoms with Crippen molar-refractivity contribution in [2.45, 2.75) is 96.1 Å². The minimum absolute atomic E-state index is 0.0872. The average molecular weight is 455 g/mol. The van der Waals surface area contributed by atoms with E-state index in [-0.39, 0.29) is 5.97 Å². The van der Waals surface area contributed by atoms with E-state index in [0.29, 0.717) is 30.2 Å². The monoisotopic (exact) mass is 454 g/mol. The van der Waals surface area contributed by atoms with Gasteiger partial charge >= 0.3 is 5.97 Å². The SMILES string of the molecule is CN(c1nccc(Nc2cc(C3CCCC3)[nH]n2)n1)C1CCC(CC(=O)OC(C)(C)C)CC1. The fraction of sp³-hybridized carbons (Fsp3) is 0.680. The molecule has 2 saturated carbocycles. The van der Waals surface area contributed by atoms with E-state index >= 15 is 0 Å². The quantitative estimate of drug-likeness (QED) is 0.546. The Hall–Kier alpha value is -2.64. The van der Waals surface area contributed by atoms with E-state index in [1.165, 1.54) is 31.4 Å². The first kappa shape index (κ1) is 23.5. The van der Waals surface area contributed by atoms with Gasteiger partial charge in [-0.1, -0.05) is 12.8 Å². The molecule has 2 N–H and O–H groups in total. The van der Waals surface area contributed by atoms with Crippen molar-refractivity contribution >= 4 is 23.6 Å². The molecule has 2 aromatic rings. The van der Waals surface area contributed by atoms with Gasteiger partial charge in [-0.15, -0.1) is 0 Å². The minimum Gasteiger partial charge on any atom is -0.460 e. The first-order valence-electron chi connectivity index (χ1n) is 12.4. The molecule has 2 aliphatic carbocycles. The maximum absolute atomic E-state index is 12.2. The summed E-state index contributed by atoms with van der Waals surface area (Å²) < 4.78 is 5.49. The van der Waals surface area contributed by atoms with Crippen LogP contribution in [0.4, 0.5) is 17.6 Å². The lowest BCUT2D eigenvalue weighted by Gasteiger charge is -2.34. The molecule has 2 aromatic heterocycles. The van der Waals surface area contributed by atoms with Crippen LogP contribution in [0.5, 0.6) is 0 Å². The standard InChI is InChI=1S/C25H38N6O2/c1-25(2,3)33-23(32)15-17-9-11-19(12-10-17)31(4)24-26-14-13-21(28-24)27-22-16-20(29-30-22)18-7-5-6-8-18/h13-14,16-19H,5-12,15H2,1-4H3,(H2,26,27,28,29,30). The zero-order valence-corrected chi connectivity index (χ0v) is 20.4. The highest BCUT2D eigenvalue weighted by Gasteiger charge is 2.28. The molecule has 0 saturated heterocycles. The molecule has 0 spiro atoms. The van der Waals surface area contributed by atoms with Crippen molar-refractivity contribution in [2.24, 2.45) is 5.92 Å². The van der Waals surface area contributed by atoms with E-state index in [4.69, 9.17) is 9.72 Å². The number of rotatable bonds is 7. The van der Waals surface area contributed by atoms with Gasteiger partial charge < -0.3 is 15.0 Å². The van der Waals surface area contributed by atoms with Crippen molar-refractivity contribution < 1.29 is 9.53 Å². The third kappa shape index (κ3) is 6.45. The number of H-pyrrole nitrogens is 1. The molecule has 0 bridgehead atoms. The van der Waals surface area contributed by atoms with E-state index in [9.17, 15) is 4.79 Å². The highest BCUT2D eigenvalue weighted by atomic mass is 16.6. The Kier molecular flexibility index (Phi) is 7.20. The summed E-state index contributed by atoms with van der Waals surface area (Å²) in [5.41, 5.74) is 0.795. The van der Waals surface area contributed by atoms with Gasteiger partial charge in [-0.3, -0.25) is 9.89 Å². The molecule has 33 heavy (non-hydrogen) atoms. The van der Waals surface area contributed by atoms with E-state index in [2.05, 4.69) is 38.5 Å². The predicted molar refractivity (Wildman–Crippen MR) is 130 cm³/mol. The van der Waals surface area contributed by atoms with Gasteiger partial charge in [-0.2, -0.15) is 10.1 Å². The molecule has 0 aromatic carbocycles. The highest BCUT2D eigenvalue weighted by molar-refractivity contribution is 5.70. The number of aromatic amines is 1. The third-order valence-electron chi connectivity index (χ3n) is 6.85. The molecule has 8 heteroatoms. The molecular formula is C25H38N6O2. The maximum Gasteiger partial charge on any atom is 0.306 e. The van der Waals surface area contributed by atoms with E-state index in [0.717, 1.165) is 37.3 Å². The molecule has 180 valence electrons. The molecule has 0 amide bonds. The van der Waals surface area contributed by atoms with Gasteiger partial charge in [0, 0.05) is 43.4 Å². The van der Waals surface area contributed by atoms with Crippen LogP contribution < -0.4 is 10.2 Å². The summed E-state index contributed by atoms with van der Waals surface area (Å²) in [6.45, 7) is 5.75. The number of esters is 1. The van der Waals surface area contributed by atoms with Crippen molar-refractivity contribution in [3.8, 4) is 0 Å². The summed E-state index contributed by atoms with van der Waals surface area (Å²) in [6.07, 6.45) is 11.5. The van der Waals surface area contributed by atoms with Gasteiger partial charge in [0.2, 0.25) is 5.95 Å². The molecule has 2 heterocycles. The summed E-state index contributed by atoms with van der Waals surface area (Å²) in [5, 5.41) is 10.9. The van der Waals surface area contributed by atoms with Crippen molar-refractivity contribution in [3.05, 3.63) is 24.0 Å². The second-order valence-electron chi connectivity index (χ2n) is 10.6. The molecule has 0 unspecified atom stereocenters. The number of nitrogens with one attached hydrogen (secondary N) is 2. The lowest BCUT2D eigenvalue weighted by molar-refractivity contribution is -0.156. The van der Waals surface area contributed by atoms with Crippen LogP contribution in [0, 0.1) is 5.92 Å². The van der Waals surface area contributed by atoms with Crippen LogP contribution in [0.2, 0.25) is 0 Å². The van der Waals surface area contributed by atoms with Crippen LogP contribution in [-0.4, -0.2) is 44.8 Å². The van der Waals surface area contributed by atoms with Crippen LogP contribution in [0.15, 0.2) is 18.3 Å². The van der Waals surface area contributed by atoms with Crippen LogP contribution in [0.25, 0.3) is 0 Å². The van der Waals surface area contributed by atoms with Gasteiger partial charge in [0.15, 0.2) is 5.82 Å². The molecule has 0 atom stereocenters. The second-order valence-corrected chi connectivity index (χ2v) is 10.6. The van der Waals surface area contributed by atoms with Crippen molar-refractivity contribution in [2.75, 3.05) is 17.3 Å². The van der Waals surface area contributed by atoms with Gasteiger partial charge in [-0.05, 0) is 71.3 Å². The summed E-state index contributed by atoms with van der Waals surface area (Å²) in [7, 11) is 2.06. The van der Waals surface area contributed by atoms with Crippen LogP contribution in [0.3, 0.4) is 0 Å². The summed E-state index contributed by atoms with van der Waals surface area (Å²) in [5.74, 6) is 3.16. The Morgan fingerprint density at radius 1 is 1.15 bits per heavy atom. The van der Waals surface area contributed by atoms with Crippen LogP contribution in [0.1, 0.15) is 90.2 Å². The number of aromatic nitrogens is 4. The molecule has 4 rings (SSSR count). The average Bonchev–Trinajstić information content (AvgIpc) is 3.45. The zero-order valence-electron chi connectivity index (χ0n) is 20.4. The van der Waals surface area contributed by atoms with Gasteiger partial charge in [0.05, 0.1) is 0 Å². The number of anilines is 3. The zero-order chi connectivity index (χ0) is 23.4. The Labute approximate surface area is 196 Å². The predicted octanol–water partition coefficient (Wildman–Crippen LogP) is 5.33. The Balaban J connectivity index is 1.30. The van der Waals surface area contributed by atoms with E-state index in [1.54, 1.807) is 6.20 Å². The molecular weight excluding hydrogens is 416 g/mol. The summed E-state index contributed by atoms with van der Waals surface area (Å²) in [4.78, 5) is 23.6. The fourth-order valence-corrected chi connectivity index (χ4v) is 5.08. The number of carbonyl (C=O) groups excluding carboxylic acids is 1. The fourth-order valence-electron chi connectivity index (χ4n) is 5.08. The first-order chi connectivity index (χ1) is 15.8. The van der Waals surface area contributed by atoms with Gasteiger partial charge in [-0.25, -0.2) is 4.98 Å². The highest BCUT2D eigenvalue weighted by Crippen LogP contribution is 2.34. The maximum atomic E-state index is 12.2. The lowest BCUT2D eigenvalue weighted by Crippen LogP contribution is -2.37. The largest absolute Gasteiger partial charge is 0.460 e. The Morgan fingerprint density at radius 3 is 2.58 bits per heavy atom. The topological polar surface area (TPSA) is 96.0 Å². The number of carbonyl (C=O) groups is 1. The normalized spacial score (nSPS) is 21.7. The molecule has 8 nitrogen and oxygen atoms in total. The smallest absolute Gasteiger partial charge is 0.306 e. The molecule has 0 radical (unpaired) electrons. The number of nitrogens with zero attached hydrogens (tertiary/aromatic N) is 4. The summed E-state index contributed by atoms with van der Waals surface area (Å²) >= 11 is 0. The number of ether oxygens (including phenoxy) is 1. The van der Waals surface area contributed by atoms with Crippen LogP contribution >= 0.6 is 0 Å². The van der Waals surface area contributed by atoms with Gasteiger partial charge in [0.1, 0.15) is 11.4 Å². The first-order valence-corrected chi connectivity index (χ1v) is 12.4. The van der Waals surface area contributed by atoms with Crippen molar-refractivity contribution in [1.29, 1.82) is 0 Å². The third-order valence-corrected chi connectivity index (χ3v) is 6.85. The second kappa shape index (κ2) is 10.1. The Bertz CT molecular complexity index is 923. The molecule has 2 fully saturated rings. The molecule has 2 aliphatic rings. The van der Waals surface area contributed by atoms with E-state index < -0.39 is 5.60 Å². The molecule has 0 aliphatic heterocycles. The van der Waals surface area contributed by atoms with E-state index in [1.807, 2.05) is 26.8 Å². The Morgan fingerprint density at radius 2 is 1.88 bits per heavy atom. The van der Waals surface area contributed by atoms with Crippen molar-refractivity contribution in [3.63, 3.8) is 0 Å². The number of hydrogen-bond donors (Lipinski definition) is 2.